The van der Waals surface area contributed by atoms with Gasteiger partial charge in [0.05, 0.1) is 19.8 Å². The van der Waals surface area contributed by atoms with Crippen LogP contribution in [-0.2, 0) is 32.7 Å². The Labute approximate surface area is 355 Å². The van der Waals surface area contributed by atoms with Crippen LogP contribution in [0.5, 0.6) is 0 Å². The SMILES string of the molecule is CCCCC/C=C\C/C=C\CCCCCCCC(=O)OC(COC(=O)CCCCCCCCCCCCCCCCCCCCCC)COP(=O)(O)OCC(O)CO. The molecular weight excluding hydrogens is 755 g/mol. The first-order chi connectivity index (χ1) is 28.2. The number of esters is 2. The average Bonchev–Trinajstić information content (AvgIpc) is 3.21. The third-order valence-corrected chi connectivity index (χ3v) is 11.3. The number of phosphoric acid groups is 1. The Bertz CT molecular complexity index is 1020. The van der Waals surface area contributed by atoms with Gasteiger partial charge in [0, 0.05) is 12.8 Å². The molecular formula is C47H89O10P. The summed E-state index contributed by atoms with van der Waals surface area (Å²) < 4.78 is 32.8. The van der Waals surface area contributed by atoms with Gasteiger partial charge >= 0.3 is 19.8 Å². The molecule has 0 aliphatic carbocycles. The van der Waals surface area contributed by atoms with Gasteiger partial charge in [-0.2, -0.15) is 0 Å². The normalized spacial score (nSPS) is 13.9. The van der Waals surface area contributed by atoms with Crippen LogP contribution in [0.1, 0.15) is 226 Å². The molecule has 0 aliphatic rings. The Kier molecular flexibility index (Phi) is 42.4. The minimum absolute atomic E-state index is 0.171. The van der Waals surface area contributed by atoms with Crippen LogP contribution < -0.4 is 0 Å². The van der Waals surface area contributed by atoms with E-state index in [4.69, 9.17) is 23.6 Å². The minimum Gasteiger partial charge on any atom is -0.462 e. The second-order valence-corrected chi connectivity index (χ2v) is 17.6. The van der Waals surface area contributed by atoms with E-state index in [1.807, 2.05) is 0 Å². The Hall–Kier alpha value is -1.55. The van der Waals surface area contributed by atoms with Gasteiger partial charge in [0.1, 0.15) is 12.7 Å². The highest BCUT2D eigenvalue weighted by molar-refractivity contribution is 7.47. The molecule has 0 bridgehead atoms. The average molecular weight is 845 g/mol. The highest BCUT2D eigenvalue weighted by atomic mass is 31.2. The van der Waals surface area contributed by atoms with Crippen LogP contribution in [0.4, 0.5) is 0 Å². The number of carbonyl (C=O) groups is 2. The summed E-state index contributed by atoms with van der Waals surface area (Å²) in [6.07, 6.45) is 44.3. The first kappa shape index (κ1) is 56.5. The van der Waals surface area contributed by atoms with Crippen LogP contribution in [0, 0.1) is 0 Å². The van der Waals surface area contributed by atoms with Crippen molar-refractivity contribution in [3.05, 3.63) is 24.3 Å². The van der Waals surface area contributed by atoms with Gasteiger partial charge < -0.3 is 24.6 Å². The molecule has 0 aromatic rings. The lowest BCUT2D eigenvalue weighted by atomic mass is 10.0. The van der Waals surface area contributed by atoms with Crippen LogP contribution in [0.2, 0.25) is 0 Å². The zero-order valence-electron chi connectivity index (χ0n) is 37.3. The van der Waals surface area contributed by atoms with E-state index < -0.39 is 51.8 Å². The molecule has 0 aromatic heterocycles. The Morgan fingerprint density at radius 1 is 0.517 bits per heavy atom. The lowest BCUT2D eigenvalue weighted by molar-refractivity contribution is -0.161. The molecule has 342 valence electrons. The van der Waals surface area contributed by atoms with Gasteiger partial charge in [0.15, 0.2) is 6.10 Å². The maximum absolute atomic E-state index is 12.6. The summed E-state index contributed by atoms with van der Waals surface area (Å²) in [4.78, 5) is 35.1. The predicted molar refractivity (Wildman–Crippen MR) is 238 cm³/mol. The molecule has 3 atom stereocenters. The van der Waals surface area contributed by atoms with E-state index in [9.17, 15) is 24.2 Å². The zero-order valence-corrected chi connectivity index (χ0v) is 38.2. The van der Waals surface area contributed by atoms with Gasteiger partial charge in [0.2, 0.25) is 0 Å². The maximum Gasteiger partial charge on any atom is 0.472 e. The quantitative estimate of drug-likeness (QED) is 0.0234. The number of ether oxygens (including phenoxy) is 2. The van der Waals surface area contributed by atoms with E-state index >= 15 is 0 Å². The number of carbonyl (C=O) groups excluding carboxylic acids is 2. The number of allylic oxidation sites excluding steroid dienone is 4. The largest absolute Gasteiger partial charge is 0.472 e. The van der Waals surface area contributed by atoms with Crippen molar-refractivity contribution in [3.63, 3.8) is 0 Å². The fourth-order valence-electron chi connectivity index (χ4n) is 6.67. The van der Waals surface area contributed by atoms with Crippen LogP contribution in [0.15, 0.2) is 24.3 Å². The predicted octanol–water partition coefficient (Wildman–Crippen LogP) is 13.0. The van der Waals surface area contributed by atoms with Crippen molar-refractivity contribution in [2.75, 3.05) is 26.4 Å². The molecule has 3 N–H and O–H groups in total. The van der Waals surface area contributed by atoms with E-state index in [2.05, 4.69) is 38.2 Å². The van der Waals surface area contributed by atoms with E-state index in [0.29, 0.717) is 12.8 Å². The lowest BCUT2D eigenvalue weighted by Crippen LogP contribution is -2.29. The minimum atomic E-state index is -4.62. The number of hydrogen-bond acceptors (Lipinski definition) is 9. The molecule has 0 amide bonds. The second kappa shape index (κ2) is 43.5. The molecule has 0 spiro atoms. The maximum atomic E-state index is 12.6. The molecule has 0 aliphatic heterocycles. The number of aliphatic hydroxyl groups is 2. The Morgan fingerprint density at radius 2 is 0.897 bits per heavy atom. The molecule has 0 aromatic carbocycles. The molecule has 3 unspecified atom stereocenters. The number of phosphoric ester groups is 1. The van der Waals surface area contributed by atoms with Crippen LogP contribution in [0.3, 0.4) is 0 Å². The number of aliphatic hydroxyl groups excluding tert-OH is 2. The van der Waals surface area contributed by atoms with Crippen molar-refractivity contribution in [2.45, 2.75) is 238 Å². The van der Waals surface area contributed by atoms with Crippen LogP contribution >= 0.6 is 7.82 Å². The van der Waals surface area contributed by atoms with Gasteiger partial charge in [-0.05, 0) is 44.9 Å². The fraction of sp³-hybridized carbons (Fsp3) is 0.872. The van der Waals surface area contributed by atoms with Crippen molar-refractivity contribution >= 4 is 19.8 Å². The van der Waals surface area contributed by atoms with Crippen LogP contribution in [0.25, 0.3) is 0 Å². The highest BCUT2D eigenvalue weighted by Gasteiger charge is 2.27. The first-order valence-electron chi connectivity index (χ1n) is 23.8. The molecule has 0 saturated heterocycles. The van der Waals surface area contributed by atoms with Gasteiger partial charge in [-0.25, -0.2) is 4.57 Å². The van der Waals surface area contributed by atoms with Gasteiger partial charge in [0.25, 0.3) is 0 Å². The summed E-state index contributed by atoms with van der Waals surface area (Å²) in [5.41, 5.74) is 0. The first-order valence-corrected chi connectivity index (χ1v) is 25.3. The third-order valence-electron chi connectivity index (χ3n) is 10.4. The molecule has 0 fully saturated rings. The lowest BCUT2D eigenvalue weighted by Gasteiger charge is -2.20. The van der Waals surface area contributed by atoms with E-state index in [-0.39, 0.29) is 19.4 Å². The van der Waals surface area contributed by atoms with E-state index in [1.54, 1.807) is 0 Å². The zero-order chi connectivity index (χ0) is 42.6. The van der Waals surface area contributed by atoms with Crippen LogP contribution in [-0.4, -0.2) is 65.7 Å². The standard InChI is InChI=1S/C47H89O10P/c1-3-5-7-9-11-13-15-17-19-20-21-22-23-25-26-28-30-32-34-36-38-46(50)54-42-45(43-56-58(52,53)55-41-44(49)40-48)57-47(51)39-37-35-33-31-29-27-24-18-16-14-12-10-8-6-4-2/h12,14,18,24,44-45,48-49H,3-11,13,15-17,19-23,25-43H2,1-2H3,(H,52,53)/b14-12-,24-18-. The molecule has 10 nitrogen and oxygen atoms in total. The molecule has 0 saturated carbocycles. The third kappa shape index (κ3) is 42.6. The summed E-state index contributed by atoms with van der Waals surface area (Å²) in [5, 5.41) is 18.4. The van der Waals surface area contributed by atoms with Crippen molar-refractivity contribution in [1.82, 2.24) is 0 Å². The number of hydrogen-bond donors (Lipinski definition) is 3. The smallest absolute Gasteiger partial charge is 0.462 e. The molecule has 11 heteroatoms. The fourth-order valence-corrected chi connectivity index (χ4v) is 7.46. The molecule has 0 radical (unpaired) electrons. The highest BCUT2D eigenvalue weighted by Crippen LogP contribution is 2.43. The molecule has 0 heterocycles. The summed E-state index contributed by atoms with van der Waals surface area (Å²) in [6, 6.07) is 0. The van der Waals surface area contributed by atoms with E-state index in [0.717, 1.165) is 64.2 Å². The van der Waals surface area contributed by atoms with Crippen molar-refractivity contribution in [1.29, 1.82) is 0 Å². The molecule has 0 rings (SSSR count). The monoisotopic (exact) mass is 845 g/mol. The van der Waals surface area contributed by atoms with Gasteiger partial charge in [-0.3, -0.25) is 18.6 Å². The van der Waals surface area contributed by atoms with Crippen molar-refractivity contribution in [2.24, 2.45) is 0 Å². The van der Waals surface area contributed by atoms with Gasteiger partial charge in [-0.1, -0.05) is 192 Å². The summed E-state index contributed by atoms with van der Waals surface area (Å²) in [7, 11) is -4.62. The summed E-state index contributed by atoms with van der Waals surface area (Å²) >= 11 is 0. The topological polar surface area (TPSA) is 149 Å². The summed E-state index contributed by atoms with van der Waals surface area (Å²) in [5.74, 6) is -0.930. The van der Waals surface area contributed by atoms with E-state index in [1.165, 1.54) is 122 Å². The Morgan fingerprint density at radius 3 is 1.36 bits per heavy atom. The molecule has 58 heavy (non-hydrogen) atoms. The number of unbranched alkanes of at least 4 members (excludes halogenated alkanes) is 27. The second-order valence-electron chi connectivity index (χ2n) is 16.1. The van der Waals surface area contributed by atoms with Crippen molar-refractivity contribution < 1.29 is 47.8 Å². The summed E-state index contributed by atoms with van der Waals surface area (Å²) in [6.45, 7) is 2.37. The number of rotatable bonds is 45. The van der Waals surface area contributed by atoms with Gasteiger partial charge in [-0.15, -0.1) is 0 Å². The van der Waals surface area contributed by atoms with Crippen molar-refractivity contribution in [3.8, 4) is 0 Å². The Balaban J connectivity index is 4.20.